The highest BCUT2D eigenvalue weighted by atomic mass is 35.5. The Labute approximate surface area is 187 Å². The Morgan fingerprint density at radius 3 is 2.59 bits per heavy atom. The number of aliphatic hydroxyl groups is 1. The molecular weight excluding hydrogens is 479 g/mol. The first-order valence-electron chi connectivity index (χ1n) is 8.92. The lowest BCUT2D eigenvalue weighted by atomic mass is 10.2. The Balaban J connectivity index is 1.68. The number of ether oxygens (including phenoxy) is 1. The van der Waals surface area contributed by atoms with Gasteiger partial charge >= 0.3 is 6.18 Å². The Morgan fingerprint density at radius 2 is 1.91 bits per heavy atom. The van der Waals surface area contributed by atoms with Crippen molar-refractivity contribution in [3.05, 3.63) is 52.0 Å². The molecule has 0 amide bonds. The second-order valence-corrected chi connectivity index (χ2v) is 7.59. The summed E-state index contributed by atoms with van der Waals surface area (Å²) in [5.74, 6) is -1.16. The van der Waals surface area contributed by atoms with Crippen molar-refractivity contribution >= 4 is 28.8 Å². The summed E-state index contributed by atoms with van der Waals surface area (Å²) in [6.07, 6.45) is -3.32. The second kappa shape index (κ2) is 8.23. The van der Waals surface area contributed by atoms with E-state index in [1.807, 2.05) is 0 Å². The van der Waals surface area contributed by atoms with Crippen molar-refractivity contribution in [2.45, 2.75) is 19.2 Å². The zero-order valence-electron chi connectivity index (χ0n) is 16.0. The fraction of sp³-hybridized carbons (Fsp3) is 0.211. The molecule has 7 nitrogen and oxygen atoms in total. The van der Waals surface area contributed by atoms with E-state index in [1.165, 1.54) is 19.2 Å². The molecule has 3 aromatic heterocycles. The number of pyridine rings is 1. The zero-order chi connectivity index (χ0) is 23.2. The van der Waals surface area contributed by atoms with Crippen LogP contribution in [-0.4, -0.2) is 37.3 Å². The quantitative estimate of drug-likeness (QED) is 0.383. The van der Waals surface area contributed by atoms with Crippen LogP contribution in [0.3, 0.4) is 0 Å². The standard InChI is InChI=1S/C19H12Cl2F4N4O3/c1-8(30)7-31-15-4-11(20)10(3-13(15)22)18-27-16(28-32-18)14-6-29-5-9(19(23,24)25)2-12(21)17(29)26-14/h2-6,8,30H,7H2,1H3. The number of rotatable bonds is 5. The minimum absolute atomic E-state index is 0.0371. The van der Waals surface area contributed by atoms with Crippen LogP contribution in [0, 0.1) is 5.82 Å². The van der Waals surface area contributed by atoms with Crippen LogP contribution in [0.5, 0.6) is 5.75 Å². The van der Waals surface area contributed by atoms with Crippen molar-refractivity contribution in [2.24, 2.45) is 0 Å². The number of imidazole rings is 1. The molecule has 1 atom stereocenters. The van der Waals surface area contributed by atoms with Crippen molar-refractivity contribution in [3.8, 4) is 28.7 Å². The predicted octanol–water partition coefficient (Wildman–Crippen LogP) is 5.28. The summed E-state index contributed by atoms with van der Waals surface area (Å²) in [6.45, 7) is 1.34. The molecule has 0 saturated heterocycles. The van der Waals surface area contributed by atoms with Gasteiger partial charge in [-0.1, -0.05) is 28.4 Å². The second-order valence-electron chi connectivity index (χ2n) is 6.78. The first-order chi connectivity index (χ1) is 15.0. The SMILES string of the molecule is CC(O)COc1cc(Cl)c(-c2nc(-c3cn4cc(C(F)(F)F)cc(Cl)c4n3)no2)cc1F. The number of aromatic nitrogens is 4. The highest BCUT2D eigenvalue weighted by molar-refractivity contribution is 6.33. The van der Waals surface area contributed by atoms with Gasteiger partial charge in [-0.2, -0.15) is 18.2 Å². The van der Waals surface area contributed by atoms with Crippen molar-refractivity contribution in [2.75, 3.05) is 6.61 Å². The molecular formula is C19H12Cl2F4N4O3. The van der Waals surface area contributed by atoms with E-state index in [0.717, 1.165) is 22.7 Å². The van der Waals surface area contributed by atoms with Crippen molar-refractivity contribution in [1.82, 2.24) is 19.5 Å². The fourth-order valence-corrected chi connectivity index (χ4v) is 3.26. The Hall–Kier alpha value is -2.89. The highest BCUT2D eigenvalue weighted by Gasteiger charge is 2.32. The molecule has 168 valence electrons. The van der Waals surface area contributed by atoms with E-state index in [-0.39, 0.29) is 51.0 Å². The van der Waals surface area contributed by atoms with Gasteiger partial charge in [0.15, 0.2) is 17.2 Å². The Bertz CT molecular complexity index is 1300. The van der Waals surface area contributed by atoms with E-state index in [4.69, 9.17) is 32.5 Å². The third-order valence-electron chi connectivity index (χ3n) is 4.22. The molecule has 4 rings (SSSR count). The highest BCUT2D eigenvalue weighted by Crippen LogP contribution is 2.35. The van der Waals surface area contributed by atoms with E-state index in [1.54, 1.807) is 0 Å². The molecule has 0 aliphatic heterocycles. The lowest BCUT2D eigenvalue weighted by molar-refractivity contribution is -0.137. The minimum Gasteiger partial charge on any atom is -0.488 e. The van der Waals surface area contributed by atoms with Gasteiger partial charge < -0.3 is 18.8 Å². The average Bonchev–Trinajstić information content (AvgIpc) is 3.34. The summed E-state index contributed by atoms with van der Waals surface area (Å²) in [5, 5.41) is 12.8. The van der Waals surface area contributed by atoms with Gasteiger partial charge in [-0.05, 0) is 19.1 Å². The van der Waals surface area contributed by atoms with Gasteiger partial charge in [-0.25, -0.2) is 9.37 Å². The van der Waals surface area contributed by atoms with Crippen LogP contribution in [0.25, 0.3) is 28.6 Å². The first kappa shape index (κ1) is 22.3. The molecule has 0 spiro atoms. The van der Waals surface area contributed by atoms with Crippen molar-refractivity contribution in [1.29, 1.82) is 0 Å². The number of benzene rings is 1. The molecule has 0 fully saturated rings. The van der Waals surface area contributed by atoms with E-state index >= 15 is 0 Å². The van der Waals surface area contributed by atoms with Gasteiger partial charge in [0.1, 0.15) is 12.3 Å². The van der Waals surface area contributed by atoms with E-state index in [2.05, 4.69) is 15.1 Å². The fourth-order valence-electron chi connectivity index (χ4n) is 2.77. The van der Waals surface area contributed by atoms with Crippen LogP contribution in [0.2, 0.25) is 10.0 Å². The van der Waals surface area contributed by atoms with Crippen molar-refractivity contribution < 1.29 is 31.9 Å². The maximum absolute atomic E-state index is 14.3. The summed E-state index contributed by atoms with van der Waals surface area (Å²) < 4.78 is 64.7. The van der Waals surface area contributed by atoms with Crippen LogP contribution in [0.15, 0.2) is 35.1 Å². The van der Waals surface area contributed by atoms with Gasteiger partial charge in [-0.15, -0.1) is 0 Å². The van der Waals surface area contributed by atoms with Crippen LogP contribution in [0.4, 0.5) is 17.6 Å². The van der Waals surface area contributed by atoms with Crippen LogP contribution >= 0.6 is 23.2 Å². The average molecular weight is 491 g/mol. The maximum atomic E-state index is 14.3. The molecule has 0 bridgehead atoms. The molecule has 0 aliphatic carbocycles. The summed E-state index contributed by atoms with van der Waals surface area (Å²) >= 11 is 12.1. The van der Waals surface area contributed by atoms with Crippen LogP contribution in [-0.2, 0) is 6.18 Å². The molecule has 1 aromatic carbocycles. The Morgan fingerprint density at radius 1 is 1.16 bits per heavy atom. The van der Waals surface area contributed by atoms with Gasteiger partial charge in [0.25, 0.3) is 5.89 Å². The molecule has 32 heavy (non-hydrogen) atoms. The molecule has 4 aromatic rings. The topological polar surface area (TPSA) is 85.7 Å². The van der Waals surface area contributed by atoms with E-state index < -0.39 is 23.7 Å². The minimum atomic E-state index is -4.59. The predicted molar refractivity (Wildman–Crippen MR) is 106 cm³/mol. The number of hydrogen-bond donors (Lipinski definition) is 1. The van der Waals surface area contributed by atoms with Gasteiger partial charge in [-0.3, -0.25) is 0 Å². The summed E-state index contributed by atoms with van der Waals surface area (Å²) in [6, 6.07) is 2.98. The maximum Gasteiger partial charge on any atom is 0.417 e. The number of halogens is 6. The zero-order valence-corrected chi connectivity index (χ0v) is 17.5. The lowest BCUT2D eigenvalue weighted by Gasteiger charge is -2.10. The molecule has 1 unspecified atom stereocenters. The monoisotopic (exact) mass is 490 g/mol. The van der Waals surface area contributed by atoms with Crippen LogP contribution < -0.4 is 4.74 Å². The summed E-state index contributed by atoms with van der Waals surface area (Å²) in [5.41, 5.74) is -0.749. The third-order valence-corrected chi connectivity index (χ3v) is 4.81. The summed E-state index contributed by atoms with van der Waals surface area (Å²) in [7, 11) is 0. The van der Waals surface area contributed by atoms with Crippen molar-refractivity contribution in [3.63, 3.8) is 0 Å². The third kappa shape index (κ3) is 4.36. The molecule has 1 N–H and O–H groups in total. The normalized spacial score (nSPS) is 13.0. The molecule has 3 heterocycles. The number of nitrogens with zero attached hydrogens (tertiary/aromatic N) is 4. The van der Waals surface area contributed by atoms with E-state index in [9.17, 15) is 22.7 Å². The molecule has 0 aliphatic rings. The lowest BCUT2D eigenvalue weighted by Crippen LogP contribution is -2.13. The van der Waals surface area contributed by atoms with Gasteiger partial charge in [0.2, 0.25) is 5.82 Å². The number of fused-ring (bicyclic) bond motifs is 1. The van der Waals surface area contributed by atoms with Gasteiger partial charge in [0.05, 0.1) is 27.3 Å². The Kier molecular flexibility index (Phi) is 5.74. The first-order valence-corrected chi connectivity index (χ1v) is 9.68. The largest absolute Gasteiger partial charge is 0.488 e. The molecule has 13 heteroatoms. The smallest absolute Gasteiger partial charge is 0.417 e. The number of alkyl halides is 3. The van der Waals surface area contributed by atoms with E-state index in [0.29, 0.717) is 0 Å². The number of hydrogen-bond acceptors (Lipinski definition) is 6. The molecule has 0 radical (unpaired) electrons. The summed E-state index contributed by atoms with van der Waals surface area (Å²) in [4.78, 5) is 8.24. The molecule has 0 saturated carbocycles. The van der Waals surface area contributed by atoms with Crippen LogP contribution in [0.1, 0.15) is 12.5 Å². The number of aliphatic hydroxyl groups excluding tert-OH is 1. The van der Waals surface area contributed by atoms with Gasteiger partial charge in [0, 0.05) is 18.5 Å².